The molecule has 1 N–H and O–H groups in total. The molecule has 2 aromatic rings. The molecule has 3 atom stereocenters. The van der Waals surface area contributed by atoms with Crippen molar-refractivity contribution in [1.29, 1.82) is 0 Å². The fourth-order valence-corrected chi connectivity index (χ4v) is 4.06. The monoisotopic (exact) mass is 345 g/mol. The van der Waals surface area contributed by atoms with Crippen molar-refractivity contribution in [3.05, 3.63) is 48.0 Å². The molecule has 0 bridgehead atoms. The van der Waals surface area contributed by atoms with Crippen molar-refractivity contribution in [2.75, 3.05) is 19.8 Å². The van der Waals surface area contributed by atoms with Gasteiger partial charge >= 0.3 is 0 Å². The predicted molar refractivity (Wildman–Crippen MR) is 91.9 cm³/mol. The van der Waals surface area contributed by atoms with Gasteiger partial charge in [0.05, 0.1) is 30.7 Å². The summed E-state index contributed by atoms with van der Waals surface area (Å²) in [7, 11) is 0. The van der Waals surface area contributed by atoms with E-state index in [9.17, 15) is 9.50 Å². The lowest BCUT2D eigenvalue weighted by molar-refractivity contribution is -0.0541. The first-order chi connectivity index (χ1) is 12.2. The highest BCUT2D eigenvalue weighted by atomic mass is 19.1. The lowest BCUT2D eigenvalue weighted by Crippen LogP contribution is -2.50. The summed E-state index contributed by atoms with van der Waals surface area (Å²) in [5.74, 6) is 0.0434. The van der Waals surface area contributed by atoms with Crippen molar-refractivity contribution in [2.24, 2.45) is 5.92 Å². The first-order valence-corrected chi connectivity index (χ1v) is 9.01. The molecular formula is C19H24FN3O2. The summed E-state index contributed by atoms with van der Waals surface area (Å²) in [6, 6.07) is 8.58. The molecule has 25 heavy (non-hydrogen) atoms. The molecular weight excluding hydrogens is 321 g/mol. The second-order valence-corrected chi connectivity index (χ2v) is 7.00. The van der Waals surface area contributed by atoms with Crippen LogP contribution in [0.1, 0.15) is 25.0 Å². The molecule has 1 aromatic carbocycles. The maximum absolute atomic E-state index is 13.1. The normalized spacial score (nSPS) is 27.7. The number of aromatic nitrogens is 2. The van der Waals surface area contributed by atoms with E-state index in [-0.39, 0.29) is 18.0 Å². The summed E-state index contributed by atoms with van der Waals surface area (Å²) in [6.07, 6.45) is 4.74. The van der Waals surface area contributed by atoms with E-state index in [2.05, 4.69) is 10.00 Å². The maximum atomic E-state index is 13.1. The van der Waals surface area contributed by atoms with Gasteiger partial charge in [0.2, 0.25) is 0 Å². The summed E-state index contributed by atoms with van der Waals surface area (Å²) in [6.45, 7) is 3.00. The number of rotatable bonds is 4. The largest absolute Gasteiger partial charge is 0.393 e. The minimum Gasteiger partial charge on any atom is -0.393 e. The molecule has 4 rings (SSSR count). The number of hydrogen-bond acceptors (Lipinski definition) is 4. The minimum absolute atomic E-state index is 0.217. The molecule has 1 aliphatic heterocycles. The summed E-state index contributed by atoms with van der Waals surface area (Å²) in [5.41, 5.74) is 1.82. The summed E-state index contributed by atoms with van der Waals surface area (Å²) in [4.78, 5) is 2.39. The van der Waals surface area contributed by atoms with Crippen molar-refractivity contribution in [1.82, 2.24) is 14.7 Å². The zero-order valence-corrected chi connectivity index (χ0v) is 14.2. The number of ether oxygens (including phenoxy) is 1. The highest BCUT2D eigenvalue weighted by molar-refractivity contribution is 5.31. The van der Waals surface area contributed by atoms with E-state index in [1.54, 1.807) is 16.8 Å². The van der Waals surface area contributed by atoms with Crippen LogP contribution in [0, 0.1) is 11.7 Å². The van der Waals surface area contributed by atoms with Crippen LogP contribution in [0.25, 0.3) is 5.69 Å². The van der Waals surface area contributed by atoms with Crippen LogP contribution in [-0.4, -0.2) is 51.7 Å². The van der Waals surface area contributed by atoms with Gasteiger partial charge in [0.1, 0.15) is 5.82 Å². The first-order valence-electron chi connectivity index (χ1n) is 9.01. The summed E-state index contributed by atoms with van der Waals surface area (Å²) < 4.78 is 20.5. The van der Waals surface area contributed by atoms with Gasteiger partial charge < -0.3 is 9.84 Å². The molecule has 5 nitrogen and oxygen atoms in total. The van der Waals surface area contributed by atoms with E-state index in [4.69, 9.17) is 4.74 Å². The highest BCUT2D eigenvalue weighted by Gasteiger charge is 2.37. The van der Waals surface area contributed by atoms with Crippen LogP contribution < -0.4 is 0 Å². The molecule has 2 heterocycles. The third-order valence-corrected chi connectivity index (χ3v) is 5.41. The lowest BCUT2D eigenvalue weighted by Gasteiger charge is -2.39. The molecule has 0 amide bonds. The minimum atomic E-state index is -0.248. The third-order valence-electron chi connectivity index (χ3n) is 5.41. The zero-order chi connectivity index (χ0) is 17.2. The Labute approximate surface area is 147 Å². The van der Waals surface area contributed by atoms with E-state index in [0.717, 1.165) is 50.3 Å². The van der Waals surface area contributed by atoms with Crippen LogP contribution in [-0.2, 0) is 11.3 Å². The van der Waals surface area contributed by atoms with Gasteiger partial charge in [-0.05, 0) is 43.2 Å². The Morgan fingerprint density at radius 3 is 2.80 bits per heavy atom. The Balaban J connectivity index is 1.47. The van der Waals surface area contributed by atoms with E-state index in [1.165, 1.54) is 12.1 Å². The van der Waals surface area contributed by atoms with Gasteiger partial charge in [-0.2, -0.15) is 5.10 Å². The average molecular weight is 345 g/mol. The Hall–Kier alpha value is -1.76. The van der Waals surface area contributed by atoms with Crippen molar-refractivity contribution in [3.63, 3.8) is 0 Å². The molecule has 1 aromatic heterocycles. The molecule has 1 aliphatic carbocycles. The fourth-order valence-electron chi connectivity index (χ4n) is 4.06. The van der Waals surface area contributed by atoms with Crippen LogP contribution in [0.15, 0.2) is 36.5 Å². The van der Waals surface area contributed by atoms with E-state index in [0.29, 0.717) is 12.5 Å². The molecule has 0 radical (unpaired) electrons. The molecule has 2 fully saturated rings. The molecule has 1 saturated carbocycles. The molecule has 0 unspecified atom stereocenters. The SMILES string of the molecule is O[C@@H]1CCC[C@H]1[C@H]1COCCN1Cc1ccn(-c2ccc(F)cc2)n1. The van der Waals surface area contributed by atoms with Gasteiger partial charge in [-0.3, -0.25) is 4.90 Å². The van der Waals surface area contributed by atoms with Crippen LogP contribution in [0.2, 0.25) is 0 Å². The average Bonchev–Trinajstić information content (AvgIpc) is 3.25. The first kappa shape index (κ1) is 16.7. The quantitative estimate of drug-likeness (QED) is 0.924. The second-order valence-electron chi connectivity index (χ2n) is 7.00. The predicted octanol–water partition coefficient (Wildman–Crippen LogP) is 2.37. The van der Waals surface area contributed by atoms with Gasteiger partial charge in [0.25, 0.3) is 0 Å². The van der Waals surface area contributed by atoms with Gasteiger partial charge in [-0.25, -0.2) is 9.07 Å². The number of nitrogens with zero attached hydrogens (tertiary/aromatic N) is 3. The van der Waals surface area contributed by atoms with Crippen LogP contribution >= 0.6 is 0 Å². The van der Waals surface area contributed by atoms with Crippen LogP contribution in [0.3, 0.4) is 0 Å². The molecule has 134 valence electrons. The van der Waals surface area contributed by atoms with Crippen molar-refractivity contribution >= 4 is 0 Å². The van der Waals surface area contributed by atoms with Crippen LogP contribution in [0.5, 0.6) is 0 Å². The number of aliphatic hydroxyl groups excluding tert-OH is 1. The Bertz CT molecular complexity index is 703. The van der Waals surface area contributed by atoms with Gasteiger partial charge in [0, 0.05) is 31.2 Å². The number of morpholine rings is 1. The Morgan fingerprint density at radius 2 is 2.04 bits per heavy atom. The fraction of sp³-hybridized carbons (Fsp3) is 0.526. The van der Waals surface area contributed by atoms with E-state index in [1.807, 2.05) is 12.3 Å². The highest BCUT2D eigenvalue weighted by Crippen LogP contribution is 2.32. The molecule has 1 saturated heterocycles. The molecule has 6 heteroatoms. The molecule has 2 aliphatic rings. The maximum Gasteiger partial charge on any atom is 0.123 e. The molecule has 0 spiro atoms. The number of halogens is 1. The summed E-state index contributed by atoms with van der Waals surface area (Å²) >= 11 is 0. The Morgan fingerprint density at radius 1 is 1.20 bits per heavy atom. The van der Waals surface area contributed by atoms with E-state index < -0.39 is 0 Å². The van der Waals surface area contributed by atoms with E-state index >= 15 is 0 Å². The van der Waals surface area contributed by atoms with Crippen molar-refractivity contribution < 1.29 is 14.2 Å². The summed E-state index contributed by atoms with van der Waals surface area (Å²) in [5, 5.41) is 14.9. The van der Waals surface area contributed by atoms with Crippen LogP contribution in [0.4, 0.5) is 4.39 Å². The standard InChI is InChI=1S/C19H24FN3O2/c20-14-4-6-16(7-5-14)23-9-8-15(21-23)12-22-10-11-25-13-18(22)17-2-1-3-19(17)24/h4-9,17-19,24H,1-3,10-13H2/t17-,18+,19+/m0/s1. The smallest absolute Gasteiger partial charge is 0.123 e. The van der Waals surface area contributed by atoms with Gasteiger partial charge in [-0.1, -0.05) is 6.42 Å². The van der Waals surface area contributed by atoms with Crippen molar-refractivity contribution in [2.45, 2.75) is 38.0 Å². The zero-order valence-electron chi connectivity index (χ0n) is 14.2. The van der Waals surface area contributed by atoms with Gasteiger partial charge in [-0.15, -0.1) is 0 Å². The van der Waals surface area contributed by atoms with Crippen molar-refractivity contribution in [3.8, 4) is 5.69 Å². The number of aliphatic hydroxyl groups is 1. The second kappa shape index (κ2) is 7.23. The third kappa shape index (κ3) is 3.61. The Kier molecular flexibility index (Phi) is 4.83. The van der Waals surface area contributed by atoms with Gasteiger partial charge in [0.15, 0.2) is 0 Å². The number of benzene rings is 1. The lowest BCUT2D eigenvalue weighted by atomic mass is 9.94. The topological polar surface area (TPSA) is 50.5 Å². The number of hydrogen-bond donors (Lipinski definition) is 1.